The third kappa shape index (κ3) is 3.68. The molecular formula is C16H15ClN2O. The molecule has 102 valence electrons. The van der Waals surface area contributed by atoms with Crippen molar-refractivity contribution in [1.82, 2.24) is 5.43 Å². The molecule has 0 aliphatic carbocycles. The summed E-state index contributed by atoms with van der Waals surface area (Å²) in [6, 6.07) is 12.7. The maximum Gasteiger partial charge on any atom is 0.271 e. The molecule has 0 aliphatic heterocycles. The number of hydrogen-bond donors (Lipinski definition) is 1. The Morgan fingerprint density at radius 2 is 1.85 bits per heavy atom. The summed E-state index contributed by atoms with van der Waals surface area (Å²) in [4.78, 5) is 11.8. The van der Waals surface area contributed by atoms with E-state index in [-0.39, 0.29) is 5.91 Å². The summed E-state index contributed by atoms with van der Waals surface area (Å²) in [5.74, 6) is -0.261. The number of rotatable bonds is 3. The van der Waals surface area contributed by atoms with E-state index in [2.05, 4.69) is 10.5 Å². The van der Waals surface area contributed by atoms with Crippen LogP contribution in [0.3, 0.4) is 0 Å². The molecule has 0 fully saturated rings. The highest BCUT2D eigenvalue weighted by Crippen LogP contribution is 2.10. The van der Waals surface area contributed by atoms with Crippen LogP contribution in [0.1, 0.15) is 27.0 Å². The Balaban J connectivity index is 2.04. The number of hydrazone groups is 1. The fourth-order valence-corrected chi connectivity index (χ4v) is 1.85. The molecule has 0 saturated carbocycles. The molecule has 0 heterocycles. The van der Waals surface area contributed by atoms with E-state index in [1.54, 1.807) is 30.5 Å². The van der Waals surface area contributed by atoms with E-state index in [4.69, 9.17) is 11.6 Å². The lowest BCUT2D eigenvalue weighted by molar-refractivity contribution is 0.0955. The van der Waals surface area contributed by atoms with Crippen molar-refractivity contribution in [3.05, 3.63) is 69.7 Å². The minimum absolute atomic E-state index is 0.261. The lowest BCUT2D eigenvalue weighted by atomic mass is 10.1. The van der Waals surface area contributed by atoms with Crippen LogP contribution < -0.4 is 5.43 Å². The van der Waals surface area contributed by atoms with Gasteiger partial charge >= 0.3 is 0 Å². The first kappa shape index (κ1) is 14.3. The Bertz CT molecular complexity index is 648. The van der Waals surface area contributed by atoms with Gasteiger partial charge < -0.3 is 0 Å². The molecule has 0 atom stereocenters. The monoisotopic (exact) mass is 286 g/mol. The van der Waals surface area contributed by atoms with Crippen LogP contribution in [0, 0.1) is 13.8 Å². The lowest BCUT2D eigenvalue weighted by Gasteiger charge is -2.02. The smallest absolute Gasteiger partial charge is 0.267 e. The minimum atomic E-state index is -0.261. The van der Waals surface area contributed by atoms with Crippen LogP contribution in [-0.2, 0) is 0 Å². The van der Waals surface area contributed by atoms with E-state index >= 15 is 0 Å². The largest absolute Gasteiger partial charge is 0.271 e. The highest BCUT2D eigenvalue weighted by molar-refractivity contribution is 6.30. The number of aryl methyl sites for hydroxylation is 2. The second-order valence-corrected chi connectivity index (χ2v) is 5.00. The normalized spacial score (nSPS) is 10.8. The average molecular weight is 287 g/mol. The summed E-state index contributed by atoms with van der Waals surface area (Å²) in [5, 5.41) is 4.58. The quantitative estimate of drug-likeness (QED) is 0.678. The minimum Gasteiger partial charge on any atom is -0.267 e. The molecule has 2 rings (SSSR count). The van der Waals surface area contributed by atoms with Crippen molar-refractivity contribution in [1.29, 1.82) is 0 Å². The Hall–Kier alpha value is -2.13. The van der Waals surface area contributed by atoms with Crippen molar-refractivity contribution in [2.45, 2.75) is 13.8 Å². The molecule has 0 aromatic heterocycles. The van der Waals surface area contributed by atoms with Crippen LogP contribution >= 0.6 is 11.6 Å². The second kappa shape index (κ2) is 6.35. The third-order valence-electron chi connectivity index (χ3n) is 2.91. The molecule has 4 heteroatoms. The molecule has 0 saturated heterocycles. The fraction of sp³-hybridized carbons (Fsp3) is 0.125. The topological polar surface area (TPSA) is 41.5 Å². The van der Waals surface area contributed by atoms with Crippen molar-refractivity contribution >= 4 is 23.7 Å². The van der Waals surface area contributed by atoms with E-state index < -0.39 is 0 Å². The highest BCUT2D eigenvalue weighted by Gasteiger charge is 2.03. The van der Waals surface area contributed by atoms with Crippen LogP contribution in [-0.4, -0.2) is 12.1 Å². The molecule has 3 nitrogen and oxygen atoms in total. The van der Waals surface area contributed by atoms with Gasteiger partial charge in [-0.2, -0.15) is 5.10 Å². The van der Waals surface area contributed by atoms with Gasteiger partial charge in [0.15, 0.2) is 0 Å². The van der Waals surface area contributed by atoms with E-state index in [0.29, 0.717) is 10.6 Å². The van der Waals surface area contributed by atoms with Crippen molar-refractivity contribution in [3.63, 3.8) is 0 Å². The summed E-state index contributed by atoms with van der Waals surface area (Å²) in [6.45, 7) is 4.02. The summed E-state index contributed by atoms with van der Waals surface area (Å²) in [6.07, 6.45) is 1.65. The van der Waals surface area contributed by atoms with Gasteiger partial charge in [-0.3, -0.25) is 4.79 Å². The molecular weight excluding hydrogens is 272 g/mol. The van der Waals surface area contributed by atoms with Gasteiger partial charge in [0.1, 0.15) is 0 Å². The zero-order valence-corrected chi connectivity index (χ0v) is 12.1. The number of amides is 1. The first-order valence-corrected chi connectivity index (χ1v) is 6.60. The Labute approximate surface area is 123 Å². The molecule has 20 heavy (non-hydrogen) atoms. The zero-order valence-electron chi connectivity index (χ0n) is 11.4. The number of benzene rings is 2. The molecule has 0 radical (unpaired) electrons. The SMILES string of the molecule is Cc1ccc(C)c(C=NNC(=O)c2ccc(Cl)cc2)c1. The average Bonchev–Trinajstić information content (AvgIpc) is 2.43. The van der Waals surface area contributed by atoms with Crippen molar-refractivity contribution in [3.8, 4) is 0 Å². The molecule has 0 spiro atoms. The lowest BCUT2D eigenvalue weighted by Crippen LogP contribution is -2.17. The second-order valence-electron chi connectivity index (χ2n) is 4.57. The molecule has 2 aromatic rings. The highest BCUT2D eigenvalue weighted by atomic mass is 35.5. The molecule has 1 amide bonds. The maximum atomic E-state index is 11.8. The molecule has 0 unspecified atom stereocenters. The van der Waals surface area contributed by atoms with Gasteiger partial charge in [0.25, 0.3) is 5.91 Å². The first-order valence-electron chi connectivity index (χ1n) is 6.22. The van der Waals surface area contributed by atoms with Gasteiger partial charge in [-0.1, -0.05) is 35.4 Å². The van der Waals surface area contributed by atoms with Gasteiger partial charge in [0.05, 0.1) is 6.21 Å². The van der Waals surface area contributed by atoms with Crippen molar-refractivity contribution in [2.24, 2.45) is 5.10 Å². The summed E-state index contributed by atoms with van der Waals surface area (Å²) in [7, 11) is 0. The number of halogens is 1. The maximum absolute atomic E-state index is 11.8. The van der Waals surface area contributed by atoms with Crippen molar-refractivity contribution < 1.29 is 4.79 Å². The zero-order chi connectivity index (χ0) is 14.5. The summed E-state index contributed by atoms with van der Waals surface area (Å²) in [5.41, 5.74) is 6.27. The standard InChI is InChI=1S/C16H15ClN2O/c1-11-3-4-12(2)14(9-11)10-18-19-16(20)13-5-7-15(17)8-6-13/h3-10H,1-2H3,(H,19,20). The van der Waals surface area contributed by atoms with Crippen LogP contribution in [0.15, 0.2) is 47.6 Å². The summed E-state index contributed by atoms with van der Waals surface area (Å²) >= 11 is 5.77. The van der Waals surface area contributed by atoms with Gasteiger partial charge in [0.2, 0.25) is 0 Å². The third-order valence-corrected chi connectivity index (χ3v) is 3.16. The number of hydrogen-bond acceptors (Lipinski definition) is 2. The van der Waals surface area contributed by atoms with Crippen LogP contribution in [0.25, 0.3) is 0 Å². The van der Waals surface area contributed by atoms with Crippen LogP contribution in [0.5, 0.6) is 0 Å². The predicted octanol–water partition coefficient (Wildman–Crippen LogP) is 3.72. The number of carbonyl (C=O) groups excluding carboxylic acids is 1. The van der Waals surface area contributed by atoms with Crippen LogP contribution in [0.2, 0.25) is 5.02 Å². The van der Waals surface area contributed by atoms with Crippen LogP contribution in [0.4, 0.5) is 0 Å². The number of nitrogens with one attached hydrogen (secondary N) is 1. The van der Waals surface area contributed by atoms with Gasteiger partial charge in [-0.05, 0) is 49.2 Å². The van der Waals surface area contributed by atoms with E-state index in [1.165, 1.54) is 0 Å². The Morgan fingerprint density at radius 3 is 2.55 bits per heavy atom. The molecule has 0 bridgehead atoms. The number of carbonyl (C=O) groups is 1. The Morgan fingerprint density at radius 1 is 1.15 bits per heavy atom. The first-order chi connectivity index (χ1) is 9.56. The fourth-order valence-electron chi connectivity index (χ4n) is 1.73. The molecule has 0 aliphatic rings. The van der Waals surface area contributed by atoms with E-state index in [9.17, 15) is 4.79 Å². The molecule has 1 N–H and O–H groups in total. The van der Waals surface area contributed by atoms with E-state index in [1.807, 2.05) is 32.0 Å². The van der Waals surface area contributed by atoms with Gasteiger partial charge in [0, 0.05) is 10.6 Å². The predicted molar refractivity (Wildman–Crippen MR) is 82.4 cm³/mol. The van der Waals surface area contributed by atoms with E-state index in [0.717, 1.165) is 16.7 Å². The molecule has 2 aromatic carbocycles. The summed E-state index contributed by atoms with van der Waals surface area (Å²) < 4.78 is 0. The van der Waals surface area contributed by atoms with Crippen molar-refractivity contribution in [2.75, 3.05) is 0 Å². The Kier molecular flexibility index (Phi) is 4.53. The number of nitrogens with zero attached hydrogens (tertiary/aromatic N) is 1. The van der Waals surface area contributed by atoms with Gasteiger partial charge in [-0.25, -0.2) is 5.43 Å². The van der Waals surface area contributed by atoms with Gasteiger partial charge in [-0.15, -0.1) is 0 Å².